The Morgan fingerprint density at radius 2 is 1.14 bits per heavy atom. The Kier molecular flexibility index (Phi) is 6.05. The second-order valence-corrected chi connectivity index (χ2v) is 11.4. The van der Waals surface area contributed by atoms with Crippen molar-refractivity contribution < 1.29 is 35.5 Å². The van der Waals surface area contributed by atoms with Crippen LogP contribution in [-0.4, -0.2) is 37.5 Å². The monoisotopic (exact) mass is 545 g/mol. The molecule has 0 bridgehead atoms. The molecule has 4 rings (SSSR count). The molecule has 0 aromatic heterocycles. The van der Waals surface area contributed by atoms with E-state index >= 15 is 0 Å². The normalized spacial score (nSPS) is 13.5. The zero-order valence-electron chi connectivity index (χ0n) is 19.9. The summed E-state index contributed by atoms with van der Waals surface area (Å²) in [5.41, 5.74) is 16.2. The molecule has 8 N–H and O–H groups in total. The SMILES string of the molecule is Cc1c(CN)c(C)c(S(=O)(=O)O)c(C)c1-c1c(N)c(S(=O)(=O)O)c(N)c2c1C(=O)c1ccccc1C2=O. The molecule has 0 amide bonds. The molecule has 1 aliphatic carbocycles. The number of hydrogen-bond donors (Lipinski definition) is 5. The van der Waals surface area contributed by atoms with E-state index in [1.807, 2.05) is 0 Å². The third kappa shape index (κ3) is 3.74. The molecule has 0 heterocycles. The molecule has 194 valence electrons. The van der Waals surface area contributed by atoms with Gasteiger partial charge in [-0.15, -0.1) is 0 Å². The van der Waals surface area contributed by atoms with Gasteiger partial charge in [-0.05, 0) is 48.6 Å². The minimum atomic E-state index is -5.14. The van der Waals surface area contributed by atoms with Crippen molar-refractivity contribution in [3.8, 4) is 11.1 Å². The van der Waals surface area contributed by atoms with Crippen LogP contribution in [0.4, 0.5) is 11.4 Å². The molecule has 3 aromatic rings. The number of rotatable bonds is 4. The molecule has 0 saturated heterocycles. The third-order valence-electron chi connectivity index (χ3n) is 6.70. The van der Waals surface area contributed by atoms with Crippen LogP contribution in [0.5, 0.6) is 0 Å². The van der Waals surface area contributed by atoms with Crippen LogP contribution in [0.1, 0.15) is 54.1 Å². The fraction of sp³-hybridized carbons (Fsp3) is 0.167. The predicted octanol–water partition coefficient (Wildman–Crippen LogP) is 2.17. The van der Waals surface area contributed by atoms with Crippen LogP contribution >= 0.6 is 0 Å². The standard InChI is InChI=1S/C24H23N3O8S2/c1-9-14(8-25)10(2)23(36(30,31)32)11(3)15(9)16-17-18(20(27)24(19(16)26)37(33,34)35)22(29)13-7-5-4-6-12(13)21(17)28/h4-7H,8,25-27H2,1-3H3,(H,30,31,32)(H,33,34,35). The fourth-order valence-electron chi connectivity index (χ4n) is 5.23. The molecule has 1 aliphatic rings. The fourth-order valence-corrected chi connectivity index (χ4v) is 6.99. The van der Waals surface area contributed by atoms with Gasteiger partial charge < -0.3 is 17.2 Å². The highest BCUT2D eigenvalue weighted by Gasteiger charge is 2.40. The van der Waals surface area contributed by atoms with E-state index in [2.05, 4.69) is 0 Å². The van der Waals surface area contributed by atoms with Crippen LogP contribution < -0.4 is 17.2 Å². The topological polar surface area (TPSA) is 221 Å². The van der Waals surface area contributed by atoms with Crippen molar-refractivity contribution in [2.24, 2.45) is 5.73 Å². The first-order chi connectivity index (χ1) is 17.1. The Balaban J connectivity index is 2.36. The zero-order chi connectivity index (χ0) is 27.8. The van der Waals surface area contributed by atoms with Gasteiger partial charge in [-0.3, -0.25) is 18.7 Å². The van der Waals surface area contributed by atoms with E-state index in [0.717, 1.165) is 0 Å². The second kappa shape index (κ2) is 8.46. The zero-order valence-corrected chi connectivity index (χ0v) is 21.5. The van der Waals surface area contributed by atoms with Gasteiger partial charge in [0, 0.05) is 28.8 Å². The second-order valence-electron chi connectivity index (χ2n) is 8.70. The molecule has 0 radical (unpaired) electrons. The van der Waals surface area contributed by atoms with Crippen molar-refractivity contribution in [2.45, 2.75) is 37.1 Å². The maximum absolute atomic E-state index is 13.8. The summed E-state index contributed by atoms with van der Waals surface area (Å²) in [5, 5.41) is 0. The Labute approximate surface area is 212 Å². The number of benzene rings is 3. The van der Waals surface area contributed by atoms with Crippen molar-refractivity contribution in [2.75, 3.05) is 11.5 Å². The average molecular weight is 546 g/mol. The van der Waals surface area contributed by atoms with Crippen LogP contribution in [0.25, 0.3) is 11.1 Å². The lowest BCUT2D eigenvalue weighted by molar-refractivity contribution is 0.0980. The van der Waals surface area contributed by atoms with E-state index in [0.29, 0.717) is 5.56 Å². The molecule has 3 aromatic carbocycles. The van der Waals surface area contributed by atoms with Crippen molar-refractivity contribution in [3.63, 3.8) is 0 Å². The summed E-state index contributed by atoms with van der Waals surface area (Å²) in [7, 11) is -9.98. The van der Waals surface area contributed by atoms with E-state index < -0.39 is 58.5 Å². The smallest absolute Gasteiger partial charge is 0.298 e. The number of nitrogen functional groups attached to an aromatic ring is 2. The molecule has 0 spiro atoms. The van der Waals surface area contributed by atoms with Crippen molar-refractivity contribution in [1.82, 2.24) is 0 Å². The number of hydrogen-bond acceptors (Lipinski definition) is 9. The molecular weight excluding hydrogens is 522 g/mol. The Morgan fingerprint density at radius 3 is 1.59 bits per heavy atom. The summed E-state index contributed by atoms with van der Waals surface area (Å²) in [6.45, 7) is 4.12. The molecule has 13 heteroatoms. The van der Waals surface area contributed by atoms with E-state index in [1.165, 1.54) is 38.1 Å². The summed E-state index contributed by atoms with van der Waals surface area (Å²) >= 11 is 0. The van der Waals surface area contributed by atoms with E-state index in [-0.39, 0.29) is 51.1 Å². The first-order valence-corrected chi connectivity index (χ1v) is 13.6. The number of ketones is 2. The Morgan fingerprint density at radius 1 is 0.676 bits per heavy atom. The van der Waals surface area contributed by atoms with Crippen LogP contribution in [0.15, 0.2) is 34.1 Å². The van der Waals surface area contributed by atoms with Gasteiger partial charge in [-0.1, -0.05) is 24.3 Å². The van der Waals surface area contributed by atoms with Gasteiger partial charge in [0.25, 0.3) is 20.2 Å². The average Bonchev–Trinajstić information content (AvgIpc) is 2.77. The van der Waals surface area contributed by atoms with Crippen LogP contribution in [0, 0.1) is 20.8 Å². The summed E-state index contributed by atoms with van der Waals surface area (Å²) in [4.78, 5) is 25.8. The number of fused-ring (bicyclic) bond motifs is 2. The van der Waals surface area contributed by atoms with Gasteiger partial charge in [0.15, 0.2) is 11.6 Å². The summed E-state index contributed by atoms with van der Waals surface area (Å²) in [6.07, 6.45) is 0. The maximum Gasteiger partial charge on any atom is 0.298 e. The van der Waals surface area contributed by atoms with Crippen LogP contribution in [-0.2, 0) is 26.8 Å². The Hall–Kier alpha value is -3.62. The summed E-state index contributed by atoms with van der Waals surface area (Å²) < 4.78 is 69.6. The quantitative estimate of drug-likeness (QED) is 0.185. The minimum Gasteiger partial charge on any atom is -0.397 e. The first-order valence-electron chi connectivity index (χ1n) is 10.8. The van der Waals surface area contributed by atoms with E-state index in [1.54, 1.807) is 6.92 Å². The number of carbonyl (C=O) groups is 2. The first kappa shape index (κ1) is 26.4. The molecule has 0 unspecified atom stereocenters. The maximum atomic E-state index is 13.8. The predicted molar refractivity (Wildman–Crippen MR) is 136 cm³/mol. The summed E-state index contributed by atoms with van der Waals surface area (Å²) in [6, 6.07) is 5.80. The van der Waals surface area contributed by atoms with Gasteiger partial charge in [0.2, 0.25) is 0 Å². The van der Waals surface area contributed by atoms with Gasteiger partial charge >= 0.3 is 0 Å². The van der Waals surface area contributed by atoms with Gasteiger partial charge in [0.05, 0.1) is 16.9 Å². The summed E-state index contributed by atoms with van der Waals surface area (Å²) in [5.74, 6) is -1.51. The van der Waals surface area contributed by atoms with Crippen LogP contribution in [0.2, 0.25) is 0 Å². The molecule has 37 heavy (non-hydrogen) atoms. The lowest BCUT2D eigenvalue weighted by atomic mass is 9.77. The van der Waals surface area contributed by atoms with Crippen LogP contribution in [0.3, 0.4) is 0 Å². The highest BCUT2D eigenvalue weighted by Crippen LogP contribution is 2.48. The number of carbonyl (C=O) groups excluding carboxylic acids is 2. The third-order valence-corrected chi connectivity index (χ3v) is 8.79. The van der Waals surface area contributed by atoms with Gasteiger partial charge in [-0.2, -0.15) is 16.8 Å². The highest BCUT2D eigenvalue weighted by molar-refractivity contribution is 7.86. The lowest BCUT2D eigenvalue weighted by Crippen LogP contribution is -2.26. The van der Waals surface area contributed by atoms with Crippen molar-refractivity contribution in [1.29, 1.82) is 0 Å². The molecule has 0 atom stereocenters. The van der Waals surface area contributed by atoms with E-state index in [9.17, 15) is 35.5 Å². The van der Waals surface area contributed by atoms with Crippen molar-refractivity contribution >= 4 is 43.2 Å². The van der Waals surface area contributed by atoms with Gasteiger partial charge in [0.1, 0.15) is 9.79 Å². The molecule has 0 saturated carbocycles. The molecular formula is C24H23N3O8S2. The lowest BCUT2D eigenvalue weighted by Gasteiger charge is -2.28. The molecule has 11 nitrogen and oxygen atoms in total. The van der Waals surface area contributed by atoms with E-state index in [4.69, 9.17) is 17.2 Å². The largest absolute Gasteiger partial charge is 0.397 e. The number of anilines is 2. The van der Waals surface area contributed by atoms with Crippen molar-refractivity contribution in [3.05, 3.63) is 68.8 Å². The Bertz CT molecular complexity index is 1790. The van der Waals surface area contributed by atoms with Gasteiger partial charge in [-0.25, -0.2) is 0 Å². The highest BCUT2D eigenvalue weighted by atomic mass is 32.2. The molecule has 0 fully saturated rings. The molecule has 0 aliphatic heterocycles. The number of nitrogens with two attached hydrogens (primary N) is 3. The minimum absolute atomic E-state index is 0.00359.